The number of nitrogens with zero attached hydrogens (tertiary/aromatic N) is 1. The molecule has 132 valence electrons. The number of nitrogens with one attached hydrogen (secondary N) is 2. The Morgan fingerprint density at radius 2 is 1.84 bits per heavy atom. The minimum absolute atomic E-state index is 0.0351. The van der Waals surface area contributed by atoms with Crippen molar-refractivity contribution >= 4 is 29.0 Å². The van der Waals surface area contributed by atoms with E-state index >= 15 is 0 Å². The molecule has 0 unspecified atom stereocenters. The third-order valence-electron chi connectivity index (χ3n) is 4.47. The maximum Gasteiger partial charge on any atom is 0.319 e. The Morgan fingerprint density at radius 3 is 2.40 bits per heavy atom. The van der Waals surface area contributed by atoms with Crippen LogP contribution in [0.25, 0.3) is 11.3 Å². The van der Waals surface area contributed by atoms with Crippen molar-refractivity contribution in [1.82, 2.24) is 10.3 Å². The average molecular weight is 359 g/mol. The van der Waals surface area contributed by atoms with E-state index < -0.39 is 5.97 Å². The molecule has 1 saturated carbocycles. The second kappa shape index (κ2) is 7.65. The summed E-state index contributed by atoms with van der Waals surface area (Å²) < 4.78 is 0. The number of hydrogen-bond donors (Lipinski definition) is 3. The van der Waals surface area contributed by atoms with E-state index in [0.717, 1.165) is 16.3 Å². The van der Waals surface area contributed by atoms with Crippen molar-refractivity contribution in [3.63, 3.8) is 0 Å². The molecule has 1 heterocycles. The van der Waals surface area contributed by atoms with Crippen molar-refractivity contribution in [2.45, 2.75) is 38.6 Å². The maximum absolute atomic E-state index is 12.1. The topological polar surface area (TPSA) is 91.3 Å². The summed E-state index contributed by atoms with van der Waals surface area (Å²) in [5.41, 5.74) is 2.67. The van der Waals surface area contributed by atoms with Crippen molar-refractivity contribution in [3.05, 3.63) is 34.7 Å². The third kappa shape index (κ3) is 4.57. The Kier molecular flexibility index (Phi) is 5.33. The van der Waals surface area contributed by atoms with E-state index in [4.69, 9.17) is 5.11 Å². The zero-order chi connectivity index (χ0) is 17.8. The summed E-state index contributed by atoms with van der Waals surface area (Å²) >= 11 is 1.61. The molecule has 2 amide bonds. The first-order valence-corrected chi connectivity index (χ1v) is 9.22. The van der Waals surface area contributed by atoms with Gasteiger partial charge in [-0.25, -0.2) is 9.78 Å². The lowest BCUT2D eigenvalue weighted by Crippen LogP contribution is -2.40. The van der Waals surface area contributed by atoms with Gasteiger partial charge in [0.2, 0.25) is 0 Å². The number of aryl methyl sites for hydroxylation is 1. The van der Waals surface area contributed by atoms with Crippen molar-refractivity contribution in [3.8, 4) is 11.3 Å². The molecule has 1 aliphatic carbocycles. The Hall–Kier alpha value is -2.41. The van der Waals surface area contributed by atoms with Crippen LogP contribution in [0, 0.1) is 12.8 Å². The Balaban J connectivity index is 1.51. The molecular weight excluding hydrogens is 338 g/mol. The molecule has 2 aromatic rings. The van der Waals surface area contributed by atoms with E-state index in [0.29, 0.717) is 31.4 Å². The third-order valence-corrected chi connectivity index (χ3v) is 5.24. The van der Waals surface area contributed by atoms with E-state index in [2.05, 4.69) is 15.6 Å². The van der Waals surface area contributed by atoms with Crippen molar-refractivity contribution in [2.24, 2.45) is 5.92 Å². The molecule has 1 aromatic carbocycles. The quantitative estimate of drug-likeness (QED) is 0.772. The van der Waals surface area contributed by atoms with Crippen LogP contribution in [0.15, 0.2) is 29.6 Å². The molecule has 0 spiro atoms. The number of carboxylic acid groups (broad SMARTS) is 1. The highest BCUT2D eigenvalue weighted by atomic mass is 32.1. The molecule has 6 nitrogen and oxygen atoms in total. The smallest absolute Gasteiger partial charge is 0.319 e. The van der Waals surface area contributed by atoms with Gasteiger partial charge in [0.05, 0.1) is 16.6 Å². The first-order valence-electron chi connectivity index (χ1n) is 8.34. The van der Waals surface area contributed by atoms with Crippen molar-refractivity contribution in [1.29, 1.82) is 0 Å². The Bertz CT molecular complexity index is 749. The Labute approximate surface area is 150 Å². The summed E-state index contributed by atoms with van der Waals surface area (Å²) in [7, 11) is 0. The summed E-state index contributed by atoms with van der Waals surface area (Å²) in [5, 5.41) is 17.8. The van der Waals surface area contributed by atoms with Crippen LogP contribution in [0.5, 0.6) is 0 Å². The summed E-state index contributed by atoms with van der Waals surface area (Å²) in [6.45, 7) is 1.97. The number of amides is 2. The van der Waals surface area contributed by atoms with Crippen molar-refractivity contribution in [2.75, 3.05) is 5.32 Å². The van der Waals surface area contributed by atoms with Crippen LogP contribution < -0.4 is 10.6 Å². The SMILES string of the molecule is Cc1nc(-c2ccc(NC(=O)NC3CCC(C(=O)O)CC3)cc2)cs1. The van der Waals surface area contributed by atoms with Gasteiger partial charge in [0.1, 0.15) is 0 Å². The summed E-state index contributed by atoms with van der Waals surface area (Å²) in [6.07, 6.45) is 2.63. The van der Waals surface area contributed by atoms with Crippen LogP contribution in [0.3, 0.4) is 0 Å². The van der Waals surface area contributed by atoms with Gasteiger partial charge in [0, 0.05) is 22.7 Å². The largest absolute Gasteiger partial charge is 0.481 e. The van der Waals surface area contributed by atoms with Gasteiger partial charge >= 0.3 is 12.0 Å². The van der Waals surface area contributed by atoms with E-state index in [-0.39, 0.29) is 18.0 Å². The fourth-order valence-corrected chi connectivity index (χ4v) is 3.68. The lowest BCUT2D eigenvalue weighted by atomic mass is 9.86. The summed E-state index contributed by atoms with van der Waals surface area (Å²) in [6, 6.07) is 7.35. The molecule has 7 heteroatoms. The number of rotatable bonds is 4. The number of aromatic nitrogens is 1. The highest BCUT2D eigenvalue weighted by Crippen LogP contribution is 2.25. The number of hydrogen-bond acceptors (Lipinski definition) is 4. The second-order valence-electron chi connectivity index (χ2n) is 6.31. The molecule has 1 aromatic heterocycles. The monoisotopic (exact) mass is 359 g/mol. The molecule has 3 rings (SSSR count). The number of urea groups is 1. The zero-order valence-electron chi connectivity index (χ0n) is 14.0. The molecule has 25 heavy (non-hydrogen) atoms. The lowest BCUT2D eigenvalue weighted by molar-refractivity contribution is -0.142. The van der Waals surface area contributed by atoms with Gasteiger partial charge in [-0.3, -0.25) is 4.79 Å². The molecule has 0 atom stereocenters. The van der Waals surface area contributed by atoms with Crippen molar-refractivity contribution < 1.29 is 14.7 Å². The van der Waals surface area contributed by atoms with E-state index in [9.17, 15) is 9.59 Å². The van der Waals surface area contributed by atoms with Gasteiger partial charge in [0.15, 0.2) is 0 Å². The number of anilines is 1. The number of carbonyl (C=O) groups excluding carboxylic acids is 1. The lowest BCUT2D eigenvalue weighted by Gasteiger charge is -2.26. The molecule has 0 aliphatic heterocycles. The van der Waals surface area contributed by atoms with Crippen LogP contribution in [0.2, 0.25) is 0 Å². The normalized spacial score (nSPS) is 20.0. The van der Waals surface area contributed by atoms with Crippen LogP contribution in [-0.4, -0.2) is 28.1 Å². The number of carboxylic acids is 1. The molecule has 0 bridgehead atoms. The second-order valence-corrected chi connectivity index (χ2v) is 7.38. The Morgan fingerprint density at radius 1 is 1.16 bits per heavy atom. The zero-order valence-corrected chi connectivity index (χ0v) is 14.8. The van der Waals surface area contributed by atoms with E-state index in [1.807, 2.05) is 36.6 Å². The number of aliphatic carboxylic acids is 1. The molecule has 0 radical (unpaired) electrons. The summed E-state index contributed by atoms with van der Waals surface area (Å²) in [4.78, 5) is 27.5. The first kappa shape index (κ1) is 17.4. The van der Waals surface area contributed by atoms with Crippen LogP contribution in [-0.2, 0) is 4.79 Å². The number of thiazole rings is 1. The van der Waals surface area contributed by atoms with Gasteiger partial charge in [-0.1, -0.05) is 12.1 Å². The highest BCUT2D eigenvalue weighted by molar-refractivity contribution is 7.09. The molecular formula is C18H21N3O3S. The van der Waals surface area contributed by atoms with Crippen LogP contribution in [0.4, 0.5) is 10.5 Å². The molecule has 1 fully saturated rings. The molecule has 3 N–H and O–H groups in total. The fraction of sp³-hybridized carbons (Fsp3) is 0.389. The minimum Gasteiger partial charge on any atom is -0.481 e. The van der Waals surface area contributed by atoms with Gasteiger partial charge in [0.25, 0.3) is 0 Å². The standard InChI is InChI=1S/C18H21N3O3S/c1-11-19-16(10-25-11)12-2-6-14(7-3-12)20-18(24)21-15-8-4-13(5-9-15)17(22)23/h2-3,6-7,10,13,15H,4-5,8-9H2,1H3,(H,22,23)(H2,20,21,24). The number of carbonyl (C=O) groups is 2. The van der Waals surface area contributed by atoms with Gasteiger partial charge in [-0.15, -0.1) is 11.3 Å². The van der Waals surface area contributed by atoms with Gasteiger partial charge < -0.3 is 15.7 Å². The molecule has 1 aliphatic rings. The summed E-state index contributed by atoms with van der Waals surface area (Å²) in [5.74, 6) is -1.01. The van der Waals surface area contributed by atoms with E-state index in [1.165, 1.54) is 0 Å². The van der Waals surface area contributed by atoms with Crippen LogP contribution >= 0.6 is 11.3 Å². The minimum atomic E-state index is -0.738. The predicted molar refractivity (Wildman–Crippen MR) is 97.8 cm³/mol. The highest BCUT2D eigenvalue weighted by Gasteiger charge is 2.26. The van der Waals surface area contributed by atoms with E-state index in [1.54, 1.807) is 11.3 Å². The predicted octanol–water partition coefficient (Wildman–Crippen LogP) is 3.88. The fourth-order valence-electron chi connectivity index (χ4n) is 3.06. The van der Waals surface area contributed by atoms with Gasteiger partial charge in [-0.2, -0.15) is 0 Å². The maximum atomic E-state index is 12.1. The molecule has 0 saturated heterocycles. The number of benzene rings is 1. The average Bonchev–Trinajstić information content (AvgIpc) is 3.02. The van der Waals surface area contributed by atoms with Crippen LogP contribution in [0.1, 0.15) is 30.7 Å². The first-order chi connectivity index (χ1) is 12.0. The van der Waals surface area contributed by atoms with Gasteiger partial charge in [-0.05, 0) is 44.7 Å².